The van der Waals surface area contributed by atoms with Crippen LogP contribution >= 0.6 is 0 Å². The maximum absolute atomic E-state index is 12.5. The molecule has 1 unspecified atom stereocenters. The standard InChI is InChI=1S/C22H29N3O3/c1-4-23-22(27)20(24-21(26)18-8-6-5-7-9-18)16-17-10-12-19(13-11-17)28-15-14-25(2)3/h5-13,20H,4,14-16H2,1-3H3,(H,23,27)(H,24,26). The van der Waals surface area contributed by atoms with Gasteiger partial charge in [0.15, 0.2) is 0 Å². The highest BCUT2D eigenvalue weighted by Crippen LogP contribution is 2.14. The summed E-state index contributed by atoms with van der Waals surface area (Å²) in [6.07, 6.45) is 0.405. The third kappa shape index (κ3) is 7.04. The predicted molar refractivity (Wildman–Crippen MR) is 111 cm³/mol. The fourth-order valence-corrected chi connectivity index (χ4v) is 2.64. The fraction of sp³-hybridized carbons (Fsp3) is 0.364. The van der Waals surface area contributed by atoms with E-state index in [0.29, 0.717) is 25.1 Å². The largest absolute Gasteiger partial charge is 0.492 e. The van der Waals surface area contributed by atoms with Gasteiger partial charge in [0.1, 0.15) is 18.4 Å². The lowest BCUT2D eigenvalue weighted by atomic mass is 10.0. The van der Waals surface area contributed by atoms with Crippen molar-refractivity contribution in [2.75, 3.05) is 33.8 Å². The molecule has 0 fully saturated rings. The quantitative estimate of drug-likeness (QED) is 0.659. The minimum absolute atomic E-state index is 0.196. The van der Waals surface area contributed by atoms with Gasteiger partial charge in [-0.25, -0.2) is 0 Å². The van der Waals surface area contributed by atoms with Crippen LogP contribution in [-0.4, -0.2) is 56.5 Å². The number of hydrogen-bond acceptors (Lipinski definition) is 4. The van der Waals surface area contributed by atoms with Gasteiger partial charge >= 0.3 is 0 Å². The Bertz CT molecular complexity index is 745. The lowest BCUT2D eigenvalue weighted by Crippen LogP contribution is -2.48. The Kier molecular flexibility index (Phi) is 8.49. The van der Waals surface area contributed by atoms with Crippen LogP contribution in [0.1, 0.15) is 22.8 Å². The minimum Gasteiger partial charge on any atom is -0.492 e. The summed E-state index contributed by atoms with van der Waals surface area (Å²) >= 11 is 0. The molecule has 0 heterocycles. The van der Waals surface area contributed by atoms with Gasteiger partial charge in [-0.05, 0) is 50.8 Å². The first-order valence-corrected chi connectivity index (χ1v) is 9.49. The van der Waals surface area contributed by atoms with Crippen LogP contribution in [0, 0.1) is 0 Å². The summed E-state index contributed by atoms with van der Waals surface area (Å²) in [5.74, 6) is 0.326. The number of benzene rings is 2. The third-order valence-electron chi connectivity index (χ3n) is 4.18. The zero-order valence-electron chi connectivity index (χ0n) is 16.8. The Morgan fingerprint density at radius 2 is 1.71 bits per heavy atom. The zero-order valence-corrected chi connectivity index (χ0v) is 16.8. The number of ether oxygens (including phenoxy) is 1. The Balaban J connectivity index is 2.01. The number of rotatable bonds is 10. The van der Waals surface area contributed by atoms with Crippen LogP contribution in [0.4, 0.5) is 0 Å². The van der Waals surface area contributed by atoms with Gasteiger partial charge in [-0.3, -0.25) is 9.59 Å². The minimum atomic E-state index is -0.645. The normalized spacial score (nSPS) is 11.7. The van der Waals surface area contributed by atoms with Crippen LogP contribution in [0.15, 0.2) is 54.6 Å². The number of amides is 2. The van der Waals surface area contributed by atoms with Crippen molar-refractivity contribution in [3.05, 3.63) is 65.7 Å². The molecule has 6 nitrogen and oxygen atoms in total. The molecular formula is C22H29N3O3. The first-order valence-electron chi connectivity index (χ1n) is 9.49. The SMILES string of the molecule is CCNC(=O)C(Cc1ccc(OCCN(C)C)cc1)NC(=O)c1ccccc1. The van der Waals surface area contributed by atoms with Crippen molar-refractivity contribution in [3.8, 4) is 5.75 Å². The summed E-state index contributed by atoms with van der Waals surface area (Å²) in [7, 11) is 4.00. The van der Waals surface area contributed by atoms with Crippen LogP contribution in [0.5, 0.6) is 5.75 Å². The van der Waals surface area contributed by atoms with Crippen molar-refractivity contribution in [2.24, 2.45) is 0 Å². The number of nitrogens with one attached hydrogen (secondary N) is 2. The highest BCUT2D eigenvalue weighted by Gasteiger charge is 2.21. The van der Waals surface area contributed by atoms with E-state index < -0.39 is 6.04 Å². The number of carbonyl (C=O) groups is 2. The maximum Gasteiger partial charge on any atom is 0.251 e. The summed E-state index contributed by atoms with van der Waals surface area (Å²) in [5, 5.41) is 5.63. The fourth-order valence-electron chi connectivity index (χ4n) is 2.64. The van der Waals surface area contributed by atoms with Gasteiger partial charge in [0.25, 0.3) is 5.91 Å². The molecule has 0 spiro atoms. The summed E-state index contributed by atoms with van der Waals surface area (Å²) in [5.41, 5.74) is 1.48. The molecule has 0 aromatic heterocycles. The lowest BCUT2D eigenvalue weighted by Gasteiger charge is -2.18. The highest BCUT2D eigenvalue weighted by atomic mass is 16.5. The molecule has 0 saturated heterocycles. The molecule has 2 aromatic carbocycles. The monoisotopic (exact) mass is 383 g/mol. The number of nitrogens with zero attached hydrogens (tertiary/aromatic N) is 1. The number of carbonyl (C=O) groups excluding carboxylic acids is 2. The molecule has 2 amide bonds. The molecule has 0 bridgehead atoms. The Hall–Kier alpha value is -2.86. The van der Waals surface area contributed by atoms with Gasteiger partial charge in [-0.2, -0.15) is 0 Å². The van der Waals surface area contributed by atoms with Crippen molar-refractivity contribution in [2.45, 2.75) is 19.4 Å². The summed E-state index contributed by atoms with van der Waals surface area (Å²) in [6.45, 7) is 3.82. The molecular weight excluding hydrogens is 354 g/mol. The van der Waals surface area contributed by atoms with Crippen LogP contribution in [0.2, 0.25) is 0 Å². The zero-order chi connectivity index (χ0) is 20.4. The van der Waals surface area contributed by atoms with Crippen LogP contribution in [-0.2, 0) is 11.2 Å². The molecule has 0 saturated carbocycles. The van der Waals surface area contributed by atoms with Crippen molar-refractivity contribution in [1.82, 2.24) is 15.5 Å². The van der Waals surface area contributed by atoms with Crippen LogP contribution < -0.4 is 15.4 Å². The second-order valence-corrected chi connectivity index (χ2v) is 6.79. The average molecular weight is 383 g/mol. The van der Waals surface area contributed by atoms with Gasteiger partial charge in [0, 0.05) is 25.1 Å². The summed E-state index contributed by atoms with van der Waals surface area (Å²) in [4.78, 5) is 27.0. The second-order valence-electron chi connectivity index (χ2n) is 6.79. The van der Waals surface area contributed by atoms with E-state index in [2.05, 4.69) is 15.5 Å². The Morgan fingerprint density at radius 3 is 2.32 bits per heavy atom. The molecule has 0 aliphatic heterocycles. The molecule has 1 atom stereocenters. The first kappa shape index (κ1) is 21.4. The van der Waals surface area contributed by atoms with E-state index in [1.54, 1.807) is 24.3 Å². The highest BCUT2D eigenvalue weighted by molar-refractivity contribution is 5.97. The van der Waals surface area contributed by atoms with E-state index in [1.165, 1.54) is 0 Å². The van der Waals surface area contributed by atoms with E-state index in [9.17, 15) is 9.59 Å². The van der Waals surface area contributed by atoms with Crippen LogP contribution in [0.3, 0.4) is 0 Å². The summed E-state index contributed by atoms with van der Waals surface area (Å²) < 4.78 is 5.69. The molecule has 2 rings (SSSR count). The van der Waals surface area contributed by atoms with E-state index in [4.69, 9.17) is 4.74 Å². The van der Waals surface area contributed by atoms with Crippen molar-refractivity contribution in [3.63, 3.8) is 0 Å². The summed E-state index contributed by atoms with van der Waals surface area (Å²) in [6, 6.07) is 15.9. The topological polar surface area (TPSA) is 70.7 Å². The number of likely N-dealkylation sites (N-methyl/N-ethyl adjacent to an activating group) is 2. The van der Waals surface area contributed by atoms with Crippen molar-refractivity contribution in [1.29, 1.82) is 0 Å². The van der Waals surface area contributed by atoms with Gasteiger partial charge < -0.3 is 20.3 Å². The first-order chi connectivity index (χ1) is 13.5. The van der Waals surface area contributed by atoms with Crippen LogP contribution in [0.25, 0.3) is 0 Å². The van der Waals surface area contributed by atoms with Crippen molar-refractivity contribution < 1.29 is 14.3 Å². The van der Waals surface area contributed by atoms with E-state index in [-0.39, 0.29) is 11.8 Å². The van der Waals surface area contributed by atoms with E-state index >= 15 is 0 Å². The van der Waals surface area contributed by atoms with Gasteiger partial charge in [0.2, 0.25) is 5.91 Å². The Labute approximate surface area is 166 Å². The van der Waals surface area contributed by atoms with Gasteiger partial charge in [-0.15, -0.1) is 0 Å². The molecule has 0 aliphatic rings. The maximum atomic E-state index is 12.5. The third-order valence-corrected chi connectivity index (χ3v) is 4.18. The molecule has 0 radical (unpaired) electrons. The smallest absolute Gasteiger partial charge is 0.251 e. The molecule has 0 aliphatic carbocycles. The van der Waals surface area contributed by atoms with Crippen molar-refractivity contribution >= 4 is 11.8 Å². The molecule has 28 heavy (non-hydrogen) atoms. The molecule has 2 aromatic rings. The van der Waals surface area contributed by atoms with E-state index in [0.717, 1.165) is 17.9 Å². The van der Waals surface area contributed by atoms with E-state index in [1.807, 2.05) is 51.4 Å². The molecule has 2 N–H and O–H groups in total. The number of hydrogen-bond donors (Lipinski definition) is 2. The lowest BCUT2D eigenvalue weighted by molar-refractivity contribution is -0.122. The van der Waals surface area contributed by atoms with Gasteiger partial charge in [0.05, 0.1) is 0 Å². The Morgan fingerprint density at radius 1 is 1.04 bits per heavy atom. The second kappa shape index (κ2) is 11.1. The molecule has 6 heteroatoms. The average Bonchev–Trinajstić information content (AvgIpc) is 2.69. The predicted octanol–water partition coefficient (Wildman–Crippen LogP) is 2.10. The molecule has 150 valence electrons. The van der Waals surface area contributed by atoms with Gasteiger partial charge in [-0.1, -0.05) is 30.3 Å².